The van der Waals surface area contributed by atoms with Crippen LogP contribution in [0.15, 0.2) is 18.2 Å². The van der Waals surface area contributed by atoms with E-state index in [0.717, 1.165) is 5.56 Å². The molecule has 0 amide bonds. The summed E-state index contributed by atoms with van der Waals surface area (Å²) in [5.74, 6) is -0.983. The predicted octanol–water partition coefficient (Wildman–Crippen LogP) is 1.68. The first-order chi connectivity index (χ1) is 6.13. The molecule has 0 saturated heterocycles. The van der Waals surface area contributed by atoms with Gasteiger partial charge in [-0.3, -0.25) is 5.26 Å². The van der Waals surface area contributed by atoms with Gasteiger partial charge in [-0.1, -0.05) is 6.07 Å². The molecule has 70 valence electrons. The van der Waals surface area contributed by atoms with Gasteiger partial charge in [-0.05, 0) is 30.2 Å². The Morgan fingerprint density at radius 3 is 2.69 bits per heavy atom. The second kappa shape index (κ2) is 4.02. The molecule has 13 heavy (non-hydrogen) atoms. The van der Waals surface area contributed by atoms with Crippen LogP contribution in [0, 0.1) is 6.92 Å². The molecule has 0 bridgehead atoms. The molecule has 2 N–H and O–H groups in total. The minimum atomic E-state index is -0.983. The topological polar surface area (TPSA) is 66.8 Å². The Kier molecular flexibility index (Phi) is 3.00. The lowest BCUT2D eigenvalue weighted by atomic mass is 10.1. The van der Waals surface area contributed by atoms with Crippen LogP contribution in [0.5, 0.6) is 0 Å². The molecule has 4 heteroatoms. The largest absolute Gasteiger partial charge is 0.478 e. The van der Waals surface area contributed by atoms with E-state index in [1.54, 1.807) is 19.1 Å². The van der Waals surface area contributed by atoms with Gasteiger partial charge in [0.25, 0.3) is 0 Å². The SMILES string of the molecule is Cc1cc(COO)cc(C(=O)O)c1. The van der Waals surface area contributed by atoms with Crippen LogP contribution in [0.3, 0.4) is 0 Å². The van der Waals surface area contributed by atoms with Gasteiger partial charge in [0.05, 0.1) is 5.56 Å². The van der Waals surface area contributed by atoms with Crippen LogP contribution in [-0.4, -0.2) is 16.3 Å². The molecule has 0 aromatic heterocycles. The lowest BCUT2D eigenvalue weighted by Gasteiger charge is -2.02. The Labute approximate surface area is 75.3 Å². The van der Waals surface area contributed by atoms with E-state index in [1.165, 1.54) is 6.07 Å². The van der Waals surface area contributed by atoms with Crippen molar-refractivity contribution in [2.75, 3.05) is 0 Å². The third-order valence-electron chi connectivity index (χ3n) is 1.62. The third kappa shape index (κ3) is 2.54. The molecule has 0 aliphatic heterocycles. The highest BCUT2D eigenvalue weighted by molar-refractivity contribution is 5.88. The standard InChI is InChI=1S/C9H10O4/c1-6-2-7(5-13-12)4-8(3-6)9(10)11/h2-4,12H,5H2,1H3,(H,10,11). The summed E-state index contributed by atoms with van der Waals surface area (Å²) in [5, 5.41) is 16.9. The maximum atomic E-state index is 10.6. The zero-order valence-corrected chi connectivity index (χ0v) is 7.15. The third-order valence-corrected chi connectivity index (χ3v) is 1.62. The Bertz CT molecular complexity index is 319. The van der Waals surface area contributed by atoms with Crippen molar-refractivity contribution in [2.24, 2.45) is 0 Å². The van der Waals surface area contributed by atoms with Crippen molar-refractivity contribution < 1.29 is 20.0 Å². The molecule has 0 spiro atoms. The normalized spacial score (nSPS) is 10.0. The Morgan fingerprint density at radius 2 is 2.15 bits per heavy atom. The first kappa shape index (κ1) is 9.70. The number of hydrogen-bond acceptors (Lipinski definition) is 3. The van der Waals surface area contributed by atoms with Crippen LogP contribution in [0.4, 0.5) is 0 Å². The monoisotopic (exact) mass is 182 g/mol. The molecular weight excluding hydrogens is 172 g/mol. The summed E-state index contributed by atoms with van der Waals surface area (Å²) in [5.41, 5.74) is 1.67. The fourth-order valence-corrected chi connectivity index (χ4v) is 1.14. The fourth-order valence-electron chi connectivity index (χ4n) is 1.14. The molecule has 0 unspecified atom stereocenters. The molecular formula is C9H10O4. The molecule has 0 atom stereocenters. The van der Waals surface area contributed by atoms with E-state index in [4.69, 9.17) is 10.4 Å². The van der Waals surface area contributed by atoms with Gasteiger partial charge in [0, 0.05) is 0 Å². The van der Waals surface area contributed by atoms with Crippen LogP contribution in [0.25, 0.3) is 0 Å². The van der Waals surface area contributed by atoms with E-state index >= 15 is 0 Å². The summed E-state index contributed by atoms with van der Waals surface area (Å²) in [6.07, 6.45) is 0. The first-order valence-corrected chi connectivity index (χ1v) is 3.73. The summed E-state index contributed by atoms with van der Waals surface area (Å²) >= 11 is 0. The fraction of sp³-hybridized carbons (Fsp3) is 0.222. The van der Waals surface area contributed by atoms with Crippen molar-refractivity contribution in [1.82, 2.24) is 0 Å². The lowest BCUT2D eigenvalue weighted by molar-refractivity contribution is -0.253. The van der Waals surface area contributed by atoms with Gasteiger partial charge in [-0.2, -0.15) is 0 Å². The highest BCUT2D eigenvalue weighted by Crippen LogP contribution is 2.10. The lowest BCUT2D eigenvalue weighted by Crippen LogP contribution is -1.99. The van der Waals surface area contributed by atoms with Gasteiger partial charge >= 0.3 is 5.97 Å². The van der Waals surface area contributed by atoms with Crippen LogP contribution in [0.1, 0.15) is 21.5 Å². The van der Waals surface area contributed by atoms with E-state index < -0.39 is 5.97 Å². The Hall–Kier alpha value is -1.39. The number of carboxylic acid groups (broad SMARTS) is 1. The van der Waals surface area contributed by atoms with Crippen molar-refractivity contribution in [3.8, 4) is 0 Å². The Morgan fingerprint density at radius 1 is 1.46 bits per heavy atom. The Balaban J connectivity index is 3.03. The van der Waals surface area contributed by atoms with Gasteiger partial charge in [-0.25, -0.2) is 9.68 Å². The molecule has 0 fully saturated rings. The summed E-state index contributed by atoms with van der Waals surface area (Å²) < 4.78 is 0. The first-order valence-electron chi connectivity index (χ1n) is 3.73. The number of aromatic carboxylic acids is 1. The van der Waals surface area contributed by atoms with Gasteiger partial charge in [0.1, 0.15) is 6.61 Å². The molecule has 1 aromatic carbocycles. The number of carbonyl (C=O) groups is 1. The van der Waals surface area contributed by atoms with Crippen molar-refractivity contribution in [3.63, 3.8) is 0 Å². The van der Waals surface area contributed by atoms with E-state index in [0.29, 0.717) is 5.56 Å². The zero-order valence-electron chi connectivity index (χ0n) is 7.15. The van der Waals surface area contributed by atoms with Crippen LogP contribution in [0.2, 0.25) is 0 Å². The van der Waals surface area contributed by atoms with Crippen molar-refractivity contribution in [2.45, 2.75) is 13.5 Å². The molecule has 0 aliphatic rings. The smallest absolute Gasteiger partial charge is 0.335 e. The van der Waals surface area contributed by atoms with Crippen LogP contribution in [-0.2, 0) is 11.5 Å². The number of carboxylic acids is 1. The average molecular weight is 182 g/mol. The van der Waals surface area contributed by atoms with Gasteiger partial charge in [0.2, 0.25) is 0 Å². The molecule has 0 saturated carbocycles. The quantitative estimate of drug-likeness (QED) is 0.551. The molecule has 0 heterocycles. The van der Waals surface area contributed by atoms with E-state index in [-0.39, 0.29) is 12.2 Å². The van der Waals surface area contributed by atoms with Crippen molar-refractivity contribution in [3.05, 3.63) is 34.9 Å². The average Bonchev–Trinajstić information content (AvgIpc) is 2.03. The predicted molar refractivity (Wildman–Crippen MR) is 45.6 cm³/mol. The second-order valence-corrected chi connectivity index (χ2v) is 2.79. The van der Waals surface area contributed by atoms with Crippen LogP contribution >= 0.6 is 0 Å². The van der Waals surface area contributed by atoms with Crippen molar-refractivity contribution in [1.29, 1.82) is 0 Å². The van der Waals surface area contributed by atoms with Gasteiger partial charge in [-0.15, -0.1) is 0 Å². The number of hydrogen-bond donors (Lipinski definition) is 2. The number of benzene rings is 1. The van der Waals surface area contributed by atoms with Gasteiger partial charge in [0.15, 0.2) is 0 Å². The maximum Gasteiger partial charge on any atom is 0.335 e. The highest BCUT2D eigenvalue weighted by Gasteiger charge is 2.04. The number of rotatable bonds is 3. The molecule has 0 radical (unpaired) electrons. The number of aryl methyl sites for hydroxylation is 1. The van der Waals surface area contributed by atoms with E-state index in [1.807, 2.05) is 0 Å². The summed E-state index contributed by atoms with van der Waals surface area (Å²) in [6.45, 7) is 1.79. The molecule has 0 aliphatic carbocycles. The molecule has 4 nitrogen and oxygen atoms in total. The van der Waals surface area contributed by atoms with Crippen molar-refractivity contribution >= 4 is 5.97 Å². The molecule has 1 aromatic rings. The summed E-state index contributed by atoms with van der Waals surface area (Å²) in [4.78, 5) is 14.5. The minimum absolute atomic E-state index is 0.00194. The maximum absolute atomic E-state index is 10.6. The summed E-state index contributed by atoms with van der Waals surface area (Å²) in [6, 6.07) is 4.78. The highest BCUT2D eigenvalue weighted by atomic mass is 17.1. The minimum Gasteiger partial charge on any atom is -0.478 e. The molecule has 1 rings (SSSR count). The summed E-state index contributed by atoms with van der Waals surface area (Å²) in [7, 11) is 0. The van der Waals surface area contributed by atoms with E-state index in [9.17, 15) is 4.79 Å². The van der Waals surface area contributed by atoms with Gasteiger partial charge < -0.3 is 5.11 Å². The van der Waals surface area contributed by atoms with E-state index in [2.05, 4.69) is 4.89 Å². The second-order valence-electron chi connectivity index (χ2n) is 2.79. The van der Waals surface area contributed by atoms with Crippen LogP contribution < -0.4 is 0 Å². The zero-order chi connectivity index (χ0) is 9.84.